The summed E-state index contributed by atoms with van der Waals surface area (Å²) in [5.74, 6) is 1.01. The van der Waals surface area contributed by atoms with E-state index in [2.05, 4.69) is 26.6 Å². The maximum Gasteiger partial charge on any atom is 0.127 e. The van der Waals surface area contributed by atoms with Crippen molar-refractivity contribution in [1.82, 2.24) is 19.7 Å². The summed E-state index contributed by atoms with van der Waals surface area (Å²) in [5, 5.41) is 11.4. The number of aromatic nitrogens is 4. The first-order valence-corrected chi connectivity index (χ1v) is 5.46. The Morgan fingerprint density at radius 1 is 1.41 bits per heavy atom. The second kappa shape index (κ2) is 3.93. The molecule has 0 saturated heterocycles. The SMILES string of the molecule is Cn1ccnc1CNc1ccc2[nH]ncc2c1. The number of benzene rings is 1. The topological polar surface area (TPSA) is 58.5 Å². The molecule has 0 spiro atoms. The maximum atomic E-state index is 4.27. The van der Waals surface area contributed by atoms with Gasteiger partial charge in [-0.1, -0.05) is 0 Å². The minimum Gasteiger partial charge on any atom is -0.378 e. The Kier molecular flexibility index (Phi) is 2.29. The smallest absolute Gasteiger partial charge is 0.127 e. The van der Waals surface area contributed by atoms with Crippen molar-refractivity contribution in [3.63, 3.8) is 0 Å². The standard InChI is InChI=1S/C12H13N5/c1-17-5-4-13-12(17)8-14-10-2-3-11-9(6-10)7-15-16-11/h2-7,14H,8H2,1H3,(H,15,16). The van der Waals surface area contributed by atoms with Gasteiger partial charge in [-0.2, -0.15) is 5.10 Å². The van der Waals surface area contributed by atoms with Gasteiger partial charge >= 0.3 is 0 Å². The fraction of sp³-hybridized carbons (Fsp3) is 0.167. The van der Waals surface area contributed by atoms with Crippen molar-refractivity contribution in [2.24, 2.45) is 7.05 Å². The summed E-state index contributed by atoms with van der Waals surface area (Å²) in [6, 6.07) is 6.12. The molecule has 0 radical (unpaired) electrons. The summed E-state index contributed by atoms with van der Waals surface area (Å²) in [5.41, 5.74) is 2.12. The Morgan fingerprint density at radius 3 is 3.18 bits per heavy atom. The average molecular weight is 227 g/mol. The highest BCUT2D eigenvalue weighted by Crippen LogP contribution is 2.17. The molecule has 0 unspecified atom stereocenters. The second-order valence-corrected chi connectivity index (χ2v) is 3.98. The number of H-pyrrole nitrogens is 1. The molecule has 0 aliphatic carbocycles. The predicted octanol–water partition coefficient (Wildman–Crippen LogP) is 1.91. The van der Waals surface area contributed by atoms with Crippen molar-refractivity contribution in [2.45, 2.75) is 6.54 Å². The van der Waals surface area contributed by atoms with Crippen LogP contribution in [0.3, 0.4) is 0 Å². The molecular weight excluding hydrogens is 214 g/mol. The molecule has 17 heavy (non-hydrogen) atoms. The molecule has 1 aromatic carbocycles. The third-order valence-electron chi connectivity index (χ3n) is 2.81. The Hall–Kier alpha value is -2.30. The van der Waals surface area contributed by atoms with Gasteiger partial charge in [0.1, 0.15) is 5.82 Å². The van der Waals surface area contributed by atoms with Gasteiger partial charge in [0.2, 0.25) is 0 Å². The normalized spacial score (nSPS) is 10.9. The van der Waals surface area contributed by atoms with E-state index < -0.39 is 0 Å². The van der Waals surface area contributed by atoms with E-state index in [-0.39, 0.29) is 0 Å². The van der Waals surface area contributed by atoms with E-state index in [4.69, 9.17) is 0 Å². The van der Waals surface area contributed by atoms with Gasteiger partial charge in [0.15, 0.2) is 0 Å². The molecular formula is C12H13N5. The van der Waals surface area contributed by atoms with Gasteiger partial charge in [-0.15, -0.1) is 0 Å². The van der Waals surface area contributed by atoms with Crippen LogP contribution in [0.25, 0.3) is 10.9 Å². The zero-order chi connectivity index (χ0) is 11.7. The summed E-state index contributed by atoms with van der Waals surface area (Å²) in [6.07, 6.45) is 5.56. The lowest BCUT2D eigenvalue weighted by atomic mass is 10.2. The molecule has 2 aromatic heterocycles. The number of rotatable bonds is 3. The third-order valence-corrected chi connectivity index (χ3v) is 2.81. The minimum atomic E-state index is 0.715. The molecule has 0 atom stereocenters. The zero-order valence-electron chi connectivity index (χ0n) is 9.51. The Bertz CT molecular complexity index is 637. The predicted molar refractivity (Wildman–Crippen MR) is 66.6 cm³/mol. The number of nitrogens with one attached hydrogen (secondary N) is 2. The number of aromatic amines is 1. The first-order valence-electron chi connectivity index (χ1n) is 5.46. The summed E-state index contributed by atoms with van der Waals surface area (Å²) >= 11 is 0. The first-order chi connectivity index (χ1) is 8.33. The van der Waals surface area contributed by atoms with Crippen LogP contribution in [0.15, 0.2) is 36.8 Å². The van der Waals surface area contributed by atoms with E-state index in [0.717, 1.165) is 22.4 Å². The zero-order valence-corrected chi connectivity index (χ0v) is 9.51. The van der Waals surface area contributed by atoms with Gasteiger partial charge in [0, 0.05) is 30.5 Å². The Labute approximate surface area is 98.5 Å². The molecule has 5 nitrogen and oxygen atoms in total. The summed E-state index contributed by atoms with van der Waals surface area (Å²) in [4.78, 5) is 4.27. The maximum absolute atomic E-state index is 4.27. The molecule has 5 heteroatoms. The lowest BCUT2D eigenvalue weighted by Crippen LogP contribution is -2.05. The van der Waals surface area contributed by atoms with Crippen LogP contribution in [-0.4, -0.2) is 19.7 Å². The lowest BCUT2D eigenvalue weighted by Gasteiger charge is -2.06. The van der Waals surface area contributed by atoms with Crippen LogP contribution in [0.2, 0.25) is 0 Å². The van der Waals surface area contributed by atoms with Crippen molar-refractivity contribution in [3.8, 4) is 0 Å². The molecule has 0 amide bonds. The molecule has 0 bridgehead atoms. The molecule has 0 fully saturated rings. The first kappa shape index (κ1) is 9.89. The highest BCUT2D eigenvalue weighted by molar-refractivity contribution is 5.81. The second-order valence-electron chi connectivity index (χ2n) is 3.98. The summed E-state index contributed by atoms with van der Waals surface area (Å²) in [6.45, 7) is 0.715. The Morgan fingerprint density at radius 2 is 2.35 bits per heavy atom. The molecule has 3 rings (SSSR count). The Balaban J connectivity index is 1.78. The number of imidazole rings is 1. The van der Waals surface area contributed by atoms with E-state index in [1.165, 1.54) is 0 Å². The summed E-state index contributed by atoms with van der Waals surface area (Å²) in [7, 11) is 1.99. The number of anilines is 1. The molecule has 86 valence electrons. The highest BCUT2D eigenvalue weighted by atomic mass is 15.1. The van der Waals surface area contributed by atoms with Crippen LogP contribution in [-0.2, 0) is 13.6 Å². The van der Waals surface area contributed by atoms with Gasteiger partial charge in [-0.25, -0.2) is 4.98 Å². The number of hydrogen-bond donors (Lipinski definition) is 2. The van der Waals surface area contributed by atoms with Crippen molar-refractivity contribution >= 4 is 16.6 Å². The molecule has 0 aliphatic rings. The lowest BCUT2D eigenvalue weighted by molar-refractivity contribution is 0.813. The molecule has 3 aromatic rings. The molecule has 0 aliphatic heterocycles. The highest BCUT2D eigenvalue weighted by Gasteiger charge is 2.00. The quantitative estimate of drug-likeness (QED) is 0.718. The number of aryl methyl sites for hydroxylation is 1. The van der Waals surface area contributed by atoms with Crippen molar-refractivity contribution < 1.29 is 0 Å². The van der Waals surface area contributed by atoms with Crippen LogP contribution in [0.1, 0.15) is 5.82 Å². The minimum absolute atomic E-state index is 0.715. The third kappa shape index (κ3) is 1.87. The van der Waals surface area contributed by atoms with Crippen LogP contribution < -0.4 is 5.32 Å². The van der Waals surface area contributed by atoms with Gasteiger partial charge in [0.25, 0.3) is 0 Å². The van der Waals surface area contributed by atoms with E-state index in [1.54, 1.807) is 6.20 Å². The van der Waals surface area contributed by atoms with Crippen LogP contribution in [0, 0.1) is 0 Å². The molecule has 0 saturated carbocycles. The fourth-order valence-electron chi connectivity index (χ4n) is 1.80. The fourth-order valence-corrected chi connectivity index (χ4v) is 1.80. The number of fused-ring (bicyclic) bond motifs is 1. The van der Waals surface area contributed by atoms with E-state index >= 15 is 0 Å². The van der Waals surface area contributed by atoms with Crippen LogP contribution in [0.5, 0.6) is 0 Å². The van der Waals surface area contributed by atoms with E-state index in [9.17, 15) is 0 Å². The van der Waals surface area contributed by atoms with Gasteiger partial charge < -0.3 is 9.88 Å². The van der Waals surface area contributed by atoms with E-state index in [1.807, 2.05) is 36.1 Å². The van der Waals surface area contributed by atoms with Crippen molar-refractivity contribution in [2.75, 3.05) is 5.32 Å². The van der Waals surface area contributed by atoms with Crippen molar-refractivity contribution in [3.05, 3.63) is 42.6 Å². The summed E-state index contributed by atoms with van der Waals surface area (Å²) < 4.78 is 2.00. The molecule has 2 N–H and O–H groups in total. The van der Waals surface area contributed by atoms with Crippen molar-refractivity contribution in [1.29, 1.82) is 0 Å². The van der Waals surface area contributed by atoms with Crippen LogP contribution >= 0.6 is 0 Å². The van der Waals surface area contributed by atoms with E-state index in [0.29, 0.717) is 6.54 Å². The largest absolute Gasteiger partial charge is 0.378 e. The number of nitrogens with zero attached hydrogens (tertiary/aromatic N) is 3. The number of hydrogen-bond acceptors (Lipinski definition) is 3. The average Bonchev–Trinajstić information content (AvgIpc) is 2.94. The van der Waals surface area contributed by atoms with Crippen LogP contribution in [0.4, 0.5) is 5.69 Å². The van der Waals surface area contributed by atoms with Gasteiger partial charge in [-0.3, -0.25) is 5.10 Å². The molecule has 2 heterocycles. The van der Waals surface area contributed by atoms with Gasteiger partial charge in [0.05, 0.1) is 18.3 Å². The van der Waals surface area contributed by atoms with Gasteiger partial charge in [-0.05, 0) is 18.2 Å². The monoisotopic (exact) mass is 227 g/mol.